The summed E-state index contributed by atoms with van der Waals surface area (Å²) in [7, 11) is 0. The number of hydrogen-bond acceptors (Lipinski definition) is 2. The van der Waals surface area contributed by atoms with Crippen LogP contribution < -0.4 is 5.32 Å². The van der Waals surface area contributed by atoms with Crippen molar-refractivity contribution in [1.29, 1.82) is 0 Å². The molecule has 1 N–H and O–H groups in total. The molecule has 1 aromatic carbocycles. The molecule has 1 aliphatic carbocycles. The number of epoxide rings is 1. The molecular formula is C14H17NO. The molecule has 16 heavy (non-hydrogen) atoms. The normalized spacial score (nSPS) is 21.3. The third-order valence-electron chi connectivity index (χ3n) is 3.29. The lowest BCUT2D eigenvalue weighted by Gasteiger charge is -2.11. The van der Waals surface area contributed by atoms with Gasteiger partial charge < -0.3 is 10.1 Å². The van der Waals surface area contributed by atoms with Crippen molar-refractivity contribution in [2.75, 3.05) is 18.5 Å². The van der Waals surface area contributed by atoms with Crippen molar-refractivity contribution in [2.45, 2.75) is 25.7 Å². The predicted octanol–water partition coefficient (Wildman–Crippen LogP) is 3.28. The first-order valence-corrected chi connectivity index (χ1v) is 5.99. The minimum Gasteiger partial charge on any atom is -0.486 e. The van der Waals surface area contributed by atoms with Gasteiger partial charge in [0.25, 0.3) is 0 Å². The average molecular weight is 215 g/mol. The van der Waals surface area contributed by atoms with E-state index in [2.05, 4.69) is 36.5 Å². The molecule has 2 aliphatic rings. The molecule has 2 fully saturated rings. The molecule has 0 spiro atoms. The summed E-state index contributed by atoms with van der Waals surface area (Å²) in [5, 5.41) is 3.52. The zero-order chi connectivity index (χ0) is 11.0. The van der Waals surface area contributed by atoms with Gasteiger partial charge in [0.15, 0.2) is 0 Å². The van der Waals surface area contributed by atoms with Gasteiger partial charge in [0, 0.05) is 12.2 Å². The first-order valence-electron chi connectivity index (χ1n) is 5.99. The topological polar surface area (TPSA) is 24.6 Å². The molecule has 1 saturated carbocycles. The Balaban J connectivity index is 1.71. The first kappa shape index (κ1) is 9.76. The van der Waals surface area contributed by atoms with Crippen LogP contribution in [-0.2, 0) is 4.74 Å². The molecule has 1 saturated heterocycles. The van der Waals surface area contributed by atoms with E-state index >= 15 is 0 Å². The SMILES string of the molecule is C/C(CNc1ccccc1C1CC1)=C1/CO1. The number of ether oxygens (including phenoxy) is 1. The largest absolute Gasteiger partial charge is 0.486 e. The van der Waals surface area contributed by atoms with E-state index in [9.17, 15) is 0 Å². The number of rotatable bonds is 4. The zero-order valence-corrected chi connectivity index (χ0v) is 9.62. The van der Waals surface area contributed by atoms with Gasteiger partial charge in [-0.2, -0.15) is 0 Å². The fourth-order valence-electron chi connectivity index (χ4n) is 2.02. The Hall–Kier alpha value is -1.44. The van der Waals surface area contributed by atoms with Crippen molar-refractivity contribution in [3.8, 4) is 0 Å². The van der Waals surface area contributed by atoms with Gasteiger partial charge in [-0.1, -0.05) is 18.2 Å². The van der Waals surface area contributed by atoms with Gasteiger partial charge in [-0.15, -0.1) is 0 Å². The predicted molar refractivity (Wildman–Crippen MR) is 65.6 cm³/mol. The number of nitrogens with one attached hydrogen (secondary N) is 1. The van der Waals surface area contributed by atoms with Crippen LogP contribution in [0.5, 0.6) is 0 Å². The Morgan fingerprint density at radius 3 is 2.81 bits per heavy atom. The lowest BCUT2D eigenvalue weighted by molar-refractivity contribution is 0.506. The van der Waals surface area contributed by atoms with E-state index in [4.69, 9.17) is 4.74 Å². The highest BCUT2D eigenvalue weighted by atomic mass is 16.6. The van der Waals surface area contributed by atoms with Crippen molar-refractivity contribution >= 4 is 5.69 Å². The summed E-state index contributed by atoms with van der Waals surface area (Å²) in [5.74, 6) is 1.96. The first-order chi connectivity index (χ1) is 7.84. The second-order valence-corrected chi connectivity index (χ2v) is 4.71. The molecule has 0 atom stereocenters. The van der Waals surface area contributed by atoms with Crippen LogP contribution in [0.2, 0.25) is 0 Å². The summed E-state index contributed by atoms with van der Waals surface area (Å²) < 4.78 is 5.19. The minimum atomic E-state index is 0.800. The molecule has 0 radical (unpaired) electrons. The summed E-state index contributed by atoms with van der Waals surface area (Å²) in [6.07, 6.45) is 2.70. The van der Waals surface area contributed by atoms with Gasteiger partial charge in [-0.25, -0.2) is 0 Å². The van der Waals surface area contributed by atoms with Crippen LogP contribution in [0.3, 0.4) is 0 Å². The Labute approximate surface area is 96.3 Å². The van der Waals surface area contributed by atoms with E-state index in [0.717, 1.165) is 24.8 Å². The molecular weight excluding hydrogens is 198 g/mol. The molecule has 2 nitrogen and oxygen atoms in total. The summed E-state index contributed by atoms with van der Waals surface area (Å²) in [5.41, 5.74) is 4.10. The van der Waals surface area contributed by atoms with Gasteiger partial charge in [0.2, 0.25) is 0 Å². The molecule has 0 bridgehead atoms. The lowest BCUT2D eigenvalue weighted by atomic mass is 10.1. The Bertz CT molecular complexity index is 426. The van der Waals surface area contributed by atoms with Gasteiger partial charge in [-0.3, -0.25) is 0 Å². The summed E-state index contributed by atoms with van der Waals surface area (Å²) in [6.45, 7) is 3.87. The Kier molecular flexibility index (Phi) is 2.35. The van der Waals surface area contributed by atoms with Crippen molar-refractivity contribution in [2.24, 2.45) is 0 Å². The number of benzene rings is 1. The van der Waals surface area contributed by atoms with Crippen LogP contribution >= 0.6 is 0 Å². The standard InChI is InChI=1S/C14H17NO/c1-10(14-9-16-14)8-15-13-5-3-2-4-12(13)11-6-7-11/h2-5,11,15H,6-9H2,1H3/b14-10+. The number of anilines is 1. The van der Waals surface area contributed by atoms with Crippen LogP contribution in [0, 0.1) is 0 Å². The Morgan fingerprint density at radius 2 is 2.12 bits per heavy atom. The molecule has 3 rings (SSSR count). The van der Waals surface area contributed by atoms with Crippen LogP contribution in [0.4, 0.5) is 5.69 Å². The summed E-state index contributed by atoms with van der Waals surface area (Å²) >= 11 is 0. The maximum atomic E-state index is 5.19. The smallest absolute Gasteiger partial charge is 0.145 e. The molecule has 1 heterocycles. The highest BCUT2D eigenvalue weighted by molar-refractivity contribution is 5.54. The molecule has 1 aromatic rings. The molecule has 2 heteroatoms. The van der Waals surface area contributed by atoms with Crippen LogP contribution in [0.1, 0.15) is 31.2 Å². The van der Waals surface area contributed by atoms with E-state index in [0.29, 0.717) is 0 Å². The molecule has 1 aliphatic heterocycles. The van der Waals surface area contributed by atoms with E-state index in [1.807, 2.05) is 0 Å². The van der Waals surface area contributed by atoms with Gasteiger partial charge in [0.05, 0.1) is 0 Å². The number of hydrogen-bond donors (Lipinski definition) is 1. The van der Waals surface area contributed by atoms with Gasteiger partial charge >= 0.3 is 0 Å². The third kappa shape index (κ3) is 2.06. The van der Waals surface area contributed by atoms with Crippen molar-refractivity contribution in [3.05, 3.63) is 41.2 Å². The molecule has 84 valence electrons. The molecule has 0 aromatic heterocycles. The van der Waals surface area contributed by atoms with Crippen LogP contribution in [-0.4, -0.2) is 13.2 Å². The number of para-hydroxylation sites is 1. The maximum Gasteiger partial charge on any atom is 0.145 e. The average Bonchev–Trinajstić information content (AvgIpc) is 3.19. The van der Waals surface area contributed by atoms with Crippen molar-refractivity contribution in [3.63, 3.8) is 0 Å². The fraction of sp³-hybridized carbons (Fsp3) is 0.429. The Morgan fingerprint density at radius 1 is 1.38 bits per heavy atom. The highest BCUT2D eigenvalue weighted by Crippen LogP contribution is 2.43. The maximum absolute atomic E-state index is 5.19. The van der Waals surface area contributed by atoms with E-state index < -0.39 is 0 Å². The highest BCUT2D eigenvalue weighted by Gasteiger charge is 2.25. The summed E-state index contributed by atoms with van der Waals surface area (Å²) in [6, 6.07) is 8.66. The lowest BCUT2D eigenvalue weighted by Crippen LogP contribution is -2.05. The van der Waals surface area contributed by atoms with Gasteiger partial charge in [0.1, 0.15) is 12.4 Å². The second-order valence-electron chi connectivity index (χ2n) is 4.71. The minimum absolute atomic E-state index is 0.800. The zero-order valence-electron chi connectivity index (χ0n) is 9.62. The monoisotopic (exact) mass is 215 g/mol. The fourth-order valence-corrected chi connectivity index (χ4v) is 2.02. The van der Waals surface area contributed by atoms with E-state index in [-0.39, 0.29) is 0 Å². The molecule has 0 unspecified atom stereocenters. The quantitative estimate of drug-likeness (QED) is 0.779. The second kappa shape index (κ2) is 3.85. The van der Waals surface area contributed by atoms with E-state index in [1.54, 1.807) is 0 Å². The third-order valence-corrected chi connectivity index (χ3v) is 3.29. The van der Waals surface area contributed by atoms with Gasteiger partial charge in [-0.05, 0) is 42.9 Å². The van der Waals surface area contributed by atoms with Crippen molar-refractivity contribution in [1.82, 2.24) is 0 Å². The van der Waals surface area contributed by atoms with E-state index in [1.165, 1.54) is 29.7 Å². The van der Waals surface area contributed by atoms with Crippen molar-refractivity contribution < 1.29 is 4.74 Å². The van der Waals surface area contributed by atoms with Crippen LogP contribution in [0.15, 0.2) is 35.6 Å². The molecule has 0 amide bonds. The summed E-state index contributed by atoms with van der Waals surface area (Å²) in [4.78, 5) is 0. The van der Waals surface area contributed by atoms with Crippen LogP contribution in [0.25, 0.3) is 0 Å².